The first-order valence-corrected chi connectivity index (χ1v) is 12.1. The van der Waals surface area contributed by atoms with Gasteiger partial charge in [0.05, 0.1) is 16.9 Å². The topological polar surface area (TPSA) is 30.7 Å². The van der Waals surface area contributed by atoms with Gasteiger partial charge < -0.3 is 9.55 Å². The van der Waals surface area contributed by atoms with Crippen LogP contribution < -0.4 is 0 Å². The van der Waals surface area contributed by atoms with E-state index in [0.29, 0.717) is 5.92 Å². The SMILES string of the molecule is CC(C)c1cc2c3c(c1)nc(-c1[c-]cccc1)n3CC=C2.Cc1c[c-]c(-c2ccc(C)cn2)cc1.[Ir]. The van der Waals surface area contributed by atoms with Crippen molar-refractivity contribution in [2.24, 2.45) is 0 Å². The van der Waals surface area contributed by atoms with Crippen LogP contribution in [0.4, 0.5) is 0 Å². The van der Waals surface area contributed by atoms with Crippen LogP contribution in [-0.4, -0.2) is 14.5 Å². The van der Waals surface area contributed by atoms with Crippen LogP contribution in [0.25, 0.3) is 39.8 Å². The summed E-state index contributed by atoms with van der Waals surface area (Å²) in [4.78, 5) is 9.24. The van der Waals surface area contributed by atoms with Gasteiger partial charge in [-0.05, 0) is 47.4 Å². The Morgan fingerprint density at radius 2 is 1.75 bits per heavy atom. The van der Waals surface area contributed by atoms with E-state index >= 15 is 0 Å². The van der Waals surface area contributed by atoms with Gasteiger partial charge >= 0.3 is 0 Å². The van der Waals surface area contributed by atoms with Crippen molar-refractivity contribution in [2.45, 2.75) is 40.2 Å². The normalized spacial score (nSPS) is 11.7. The Hall–Kier alpha value is -3.33. The van der Waals surface area contributed by atoms with Gasteiger partial charge in [0.25, 0.3) is 0 Å². The Bertz CT molecular complexity index is 1440. The molecule has 5 aromatic rings. The number of hydrogen-bond acceptors (Lipinski definition) is 2. The van der Waals surface area contributed by atoms with Crippen molar-refractivity contribution in [3.63, 3.8) is 0 Å². The number of hydrogen-bond donors (Lipinski definition) is 0. The first kappa shape index (κ1) is 25.8. The summed E-state index contributed by atoms with van der Waals surface area (Å²) < 4.78 is 2.29. The molecule has 3 heterocycles. The summed E-state index contributed by atoms with van der Waals surface area (Å²) in [5.41, 5.74) is 10.4. The van der Waals surface area contributed by atoms with Crippen LogP contribution in [0, 0.1) is 26.0 Å². The molecule has 0 spiro atoms. The predicted octanol–water partition coefficient (Wildman–Crippen LogP) is 7.82. The molecule has 6 rings (SSSR count). The van der Waals surface area contributed by atoms with Gasteiger partial charge in [-0.2, -0.15) is 0 Å². The van der Waals surface area contributed by atoms with Crippen molar-refractivity contribution in [3.05, 3.63) is 113 Å². The van der Waals surface area contributed by atoms with Gasteiger partial charge in [0, 0.05) is 32.8 Å². The molecule has 4 heteroatoms. The molecular weight excluding hydrogens is 619 g/mol. The van der Waals surface area contributed by atoms with Crippen LogP contribution in [0.3, 0.4) is 0 Å². The van der Waals surface area contributed by atoms with Crippen LogP contribution in [-0.2, 0) is 26.7 Å². The maximum atomic E-state index is 4.89. The Labute approximate surface area is 227 Å². The van der Waals surface area contributed by atoms with Crippen molar-refractivity contribution < 1.29 is 20.1 Å². The van der Waals surface area contributed by atoms with E-state index in [1.165, 1.54) is 27.8 Å². The maximum absolute atomic E-state index is 4.89. The third-order valence-corrected chi connectivity index (χ3v) is 6.25. The Kier molecular flexibility index (Phi) is 7.98. The minimum Gasteiger partial charge on any atom is -0.360 e. The van der Waals surface area contributed by atoms with Crippen LogP contribution in [0.5, 0.6) is 0 Å². The van der Waals surface area contributed by atoms with Crippen LogP contribution in [0.1, 0.15) is 42.0 Å². The molecular formula is C32H29IrN3-2. The zero-order valence-corrected chi connectivity index (χ0v) is 23.4. The van der Waals surface area contributed by atoms with Crippen molar-refractivity contribution in [3.8, 4) is 22.6 Å². The molecule has 0 amide bonds. The summed E-state index contributed by atoms with van der Waals surface area (Å²) in [6.07, 6.45) is 6.30. The average molecular weight is 648 g/mol. The molecule has 36 heavy (non-hydrogen) atoms. The zero-order valence-electron chi connectivity index (χ0n) is 21.0. The van der Waals surface area contributed by atoms with Gasteiger partial charge in [-0.15, -0.1) is 71.3 Å². The smallest absolute Gasteiger partial charge is 0.0779 e. The van der Waals surface area contributed by atoms with Gasteiger partial charge in [-0.3, -0.25) is 4.98 Å². The molecule has 0 saturated heterocycles. The number of imidazole rings is 1. The number of pyridine rings is 1. The Balaban J connectivity index is 0.000000178. The summed E-state index contributed by atoms with van der Waals surface area (Å²) in [5, 5.41) is 0. The molecule has 1 aliphatic heterocycles. The predicted molar refractivity (Wildman–Crippen MR) is 145 cm³/mol. The summed E-state index contributed by atoms with van der Waals surface area (Å²) >= 11 is 0. The van der Waals surface area contributed by atoms with Gasteiger partial charge in [-0.25, -0.2) is 0 Å². The number of aromatic nitrogens is 3. The maximum Gasteiger partial charge on any atom is 0.0779 e. The fourth-order valence-corrected chi connectivity index (χ4v) is 4.27. The summed E-state index contributed by atoms with van der Waals surface area (Å²) in [6.45, 7) is 9.42. The molecule has 1 aliphatic rings. The number of benzene rings is 3. The van der Waals surface area contributed by atoms with E-state index in [1.807, 2.05) is 49.5 Å². The van der Waals surface area contributed by atoms with Crippen LogP contribution >= 0.6 is 0 Å². The van der Waals surface area contributed by atoms with Crippen molar-refractivity contribution in [1.82, 2.24) is 14.5 Å². The molecule has 0 atom stereocenters. The molecule has 0 N–H and O–H groups in total. The standard InChI is InChI=1S/C19H17N2.C13H12N.Ir/c1-13(2)16-11-15-9-6-10-21-18(15)17(12-16)20-19(21)14-7-4-3-5-8-14;1-10-3-6-12(7-4-10)13-8-5-11(2)9-14-13;/h3-7,9,11-13H,10H2,1-2H3;3-6,8-9H,1-2H3;/q2*-1;. The van der Waals surface area contributed by atoms with E-state index in [0.717, 1.165) is 34.7 Å². The number of rotatable bonds is 3. The molecule has 1 radical (unpaired) electrons. The second-order valence-corrected chi connectivity index (χ2v) is 9.36. The third-order valence-electron chi connectivity index (χ3n) is 6.25. The summed E-state index contributed by atoms with van der Waals surface area (Å²) in [6, 6.07) is 29.3. The monoisotopic (exact) mass is 648 g/mol. The number of allylic oxidation sites excluding steroid dienone is 1. The molecule has 2 aromatic heterocycles. The van der Waals surface area contributed by atoms with E-state index in [2.05, 4.69) is 84.9 Å². The van der Waals surface area contributed by atoms with E-state index < -0.39 is 0 Å². The average Bonchev–Trinajstić information content (AvgIpc) is 3.26. The summed E-state index contributed by atoms with van der Waals surface area (Å²) in [5.74, 6) is 1.52. The second-order valence-electron chi connectivity index (χ2n) is 9.36. The van der Waals surface area contributed by atoms with Crippen LogP contribution in [0.15, 0.2) is 79.0 Å². The third kappa shape index (κ3) is 5.41. The largest absolute Gasteiger partial charge is 0.360 e. The minimum atomic E-state index is 0. The van der Waals surface area contributed by atoms with Gasteiger partial charge in [0.2, 0.25) is 0 Å². The Morgan fingerprint density at radius 1 is 0.917 bits per heavy atom. The van der Waals surface area contributed by atoms with E-state index in [1.54, 1.807) is 0 Å². The van der Waals surface area contributed by atoms with Crippen LogP contribution in [0.2, 0.25) is 0 Å². The number of aryl methyl sites for hydroxylation is 2. The van der Waals surface area contributed by atoms with E-state index in [-0.39, 0.29) is 20.1 Å². The van der Waals surface area contributed by atoms with Gasteiger partial charge in [0.15, 0.2) is 0 Å². The second kappa shape index (κ2) is 11.2. The zero-order chi connectivity index (χ0) is 24.4. The first-order chi connectivity index (χ1) is 17.0. The van der Waals surface area contributed by atoms with Gasteiger partial charge in [0.1, 0.15) is 0 Å². The molecule has 3 aromatic carbocycles. The molecule has 0 fully saturated rings. The minimum absolute atomic E-state index is 0. The quantitative estimate of drug-likeness (QED) is 0.187. The van der Waals surface area contributed by atoms with Gasteiger partial charge in [-0.1, -0.05) is 45.1 Å². The molecule has 0 aliphatic carbocycles. The fourth-order valence-electron chi connectivity index (χ4n) is 4.27. The molecule has 3 nitrogen and oxygen atoms in total. The van der Waals surface area contributed by atoms with E-state index in [9.17, 15) is 0 Å². The molecule has 0 bridgehead atoms. The van der Waals surface area contributed by atoms with Crippen molar-refractivity contribution >= 4 is 17.1 Å². The van der Waals surface area contributed by atoms with Crippen molar-refractivity contribution in [2.75, 3.05) is 0 Å². The fraction of sp³-hybridized carbons (Fsp3) is 0.188. The number of nitrogens with zero attached hydrogens (tertiary/aromatic N) is 3. The first-order valence-electron chi connectivity index (χ1n) is 12.1. The summed E-state index contributed by atoms with van der Waals surface area (Å²) in [7, 11) is 0. The van der Waals surface area contributed by atoms with E-state index in [4.69, 9.17) is 4.98 Å². The Morgan fingerprint density at radius 3 is 2.42 bits per heavy atom. The van der Waals surface area contributed by atoms with Crippen molar-refractivity contribution in [1.29, 1.82) is 0 Å². The molecule has 0 unspecified atom stereocenters. The molecule has 183 valence electrons. The molecule has 0 saturated carbocycles.